The van der Waals surface area contributed by atoms with Crippen molar-refractivity contribution in [2.75, 3.05) is 20.8 Å². The third-order valence-corrected chi connectivity index (χ3v) is 12.5. The number of allylic oxidation sites excluding steroid dienone is 4. The lowest BCUT2D eigenvalue weighted by molar-refractivity contribution is -0.128. The third kappa shape index (κ3) is 5.20. The first-order chi connectivity index (χ1) is 25.1. The number of hydrogen-bond donors (Lipinski definition) is 1. The van der Waals surface area contributed by atoms with Crippen molar-refractivity contribution in [1.82, 2.24) is 23.5 Å². The van der Waals surface area contributed by atoms with Crippen LogP contribution in [-0.2, 0) is 36.1 Å². The number of phenolic OH excluding ortho intramolecular Hbond substituents is 1. The van der Waals surface area contributed by atoms with E-state index in [1.54, 1.807) is 32.2 Å². The van der Waals surface area contributed by atoms with Gasteiger partial charge < -0.3 is 23.9 Å². The number of rotatable bonds is 8. The molecule has 4 aromatic rings. The first-order valence-corrected chi connectivity index (χ1v) is 17.9. The highest BCUT2D eigenvalue weighted by atomic mass is 35.5. The van der Waals surface area contributed by atoms with Crippen LogP contribution < -0.4 is 31.1 Å². The summed E-state index contributed by atoms with van der Waals surface area (Å²) in [7, 11) is 4.52. The first kappa shape index (κ1) is 36.8. The van der Waals surface area contributed by atoms with Gasteiger partial charge in [-0.3, -0.25) is 14.4 Å². The van der Waals surface area contributed by atoms with E-state index in [4.69, 9.17) is 60.6 Å². The van der Waals surface area contributed by atoms with Gasteiger partial charge >= 0.3 is 11.4 Å². The van der Waals surface area contributed by atoms with E-state index >= 15 is 0 Å². The molecule has 1 N–H and O–H groups in total. The van der Waals surface area contributed by atoms with Crippen LogP contribution in [0.25, 0.3) is 11.0 Å². The Bertz CT molecular complexity index is 2520. The van der Waals surface area contributed by atoms with E-state index in [0.29, 0.717) is 33.7 Å². The lowest BCUT2D eigenvalue weighted by Gasteiger charge is -2.54. The van der Waals surface area contributed by atoms with Crippen molar-refractivity contribution in [3.05, 3.63) is 94.6 Å². The molecule has 0 amide bonds. The normalized spacial score (nSPS) is 23.7. The number of ketones is 2. The average Bonchev–Trinajstić information content (AvgIpc) is 3.39. The van der Waals surface area contributed by atoms with Crippen LogP contribution >= 0.6 is 46.4 Å². The summed E-state index contributed by atoms with van der Waals surface area (Å²) < 4.78 is 21.1. The number of aryl methyl sites for hydroxylation is 2. The Hall–Kier alpha value is -4.50. The van der Waals surface area contributed by atoms with Crippen LogP contribution in [0.5, 0.6) is 23.0 Å². The summed E-state index contributed by atoms with van der Waals surface area (Å²) in [4.78, 5) is 69.5. The average molecular weight is 807 g/mol. The molecule has 2 aromatic heterocycles. The lowest BCUT2D eigenvalue weighted by Crippen LogP contribution is -2.67. The highest BCUT2D eigenvalue weighted by Crippen LogP contribution is 2.64. The number of alkyl halides is 2. The molecule has 2 aromatic carbocycles. The van der Waals surface area contributed by atoms with Gasteiger partial charge in [-0.25, -0.2) is 28.5 Å². The first-order valence-electron chi connectivity index (χ1n) is 16.4. The second-order valence-corrected chi connectivity index (χ2v) is 14.8. The largest absolute Gasteiger partial charge is 0.504 e. The molecule has 3 aliphatic rings. The van der Waals surface area contributed by atoms with E-state index in [1.807, 2.05) is 0 Å². The van der Waals surface area contributed by atoms with E-state index < -0.39 is 66.7 Å². The van der Waals surface area contributed by atoms with Gasteiger partial charge in [0.2, 0.25) is 0 Å². The second-order valence-electron chi connectivity index (χ2n) is 12.8. The van der Waals surface area contributed by atoms with Gasteiger partial charge in [0.1, 0.15) is 25.5 Å². The molecule has 1 aliphatic heterocycles. The third-order valence-electron chi connectivity index (χ3n) is 10.2. The number of carbonyl (C=O) groups is 2. The molecular weight excluding hydrogens is 776 g/mol. The molecule has 1 fully saturated rings. The number of carbonyl (C=O) groups excluding carboxylic acids is 2. The fourth-order valence-electron chi connectivity index (χ4n) is 7.65. The zero-order chi connectivity index (χ0) is 38.3. The van der Waals surface area contributed by atoms with E-state index in [2.05, 4.69) is 4.98 Å². The van der Waals surface area contributed by atoms with E-state index in [9.17, 15) is 29.1 Å². The maximum atomic E-state index is 14.3. The second kappa shape index (κ2) is 13.1. The van der Waals surface area contributed by atoms with E-state index in [1.165, 1.54) is 46.3 Å². The number of aromatic nitrogens is 5. The summed E-state index contributed by atoms with van der Waals surface area (Å²) in [6, 6.07) is 6.49. The van der Waals surface area contributed by atoms with Crippen molar-refractivity contribution in [1.29, 1.82) is 0 Å². The molecule has 53 heavy (non-hydrogen) atoms. The van der Waals surface area contributed by atoms with Crippen molar-refractivity contribution in [2.45, 2.75) is 54.6 Å². The fourth-order valence-corrected chi connectivity index (χ4v) is 9.18. The topological polar surface area (TPSA) is 166 Å². The number of halogens is 4. The number of nitrogens with zero attached hydrogens (tertiary/aromatic N) is 5. The van der Waals surface area contributed by atoms with Crippen molar-refractivity contribution >= 4 is 69.0 Å². The van der Waals surface area contributed by atoms with Gasteiger partial charge in [-0.1, -0.05) is 35.3 Å². The molecule has 2 aliphatic carbocycles. The Morgan fingerprint density at radius 3 is 2.30 bits per heavy atom. The molecule has 0 radical (unpaired) electrons. The van der Waals surface area contributed by atoms with Crippen LogP contribution in [0.3, 0.4) is 0 Å². The number of aromatic hydroxyl groups is 1. The number of benzene rings is 2. The molecule has 18 heteroatoms. The van der Waals surface area contributed by atoms with Gasteiger partial charge in [0.25, 0.3) is 5.56 Å². The maximum Gasteiger partial charge on any atom is 0.347 e. The van der Waals surface area contributed by atoms with Gasteiger partial charge in [-0.15, -0.1) is 23.2 Å². The monoisotopic (exact) mass is 805 g/mol. The molecule has 278 valence electrons. The maximum absolute atomic E-state index is 14.3. The van der Waals surface area contributed by atoms with Crippen molar-refractivity contribution in [3.8, 4) is 23.0 Å². The molecule has 0 bridgehead atoms. The Balaban J connectivity index is 1.34. The number of hydrogen-bond acceptors (Lipinski definition) is 10. The predicted molar refractivity (Wildman–Crippen MR) is 196 cm³/mol. The van der Waals surface area contributed by atoms with Gasteiger partial charge in [0.15, 0.2) is 34.6 Å². The minimum absolute atomic E-state index is 0.0736. The van der Waals surface area contributed by atoms with Crippen molar-refractivity contribution in [3.63, 3.8) is 0 Å². The molecule has 4 atom stereocenters. The molecule has 0 unspecified atom stereocenters. The van der Waals surface area contributed by atoms with Gasteiger partial charge in [-0.05, 0) is 30.2 Å². The minimum atomic E-state index is -2.25. The molecular formula is C35H31Cl4N5O9. The highest BCUT2D eigenvalue weighted by molar-refractivity contribution is 6.66. The Labute approximate surface area is 320 Å². The van der Waals surface area contributed by atoms with Crippen molar-refractivity contribution < 1.29 is 28.9 Å². The Kier molecular flexibility index (Phi) is 9.12. The smallest absolute Gasteiger partial charge is 0.347 e. The standard InChI is InChI=1S/C35H31Cl4N5O9/c1-5-53-23-12-16(6-7-22(23)45)26-17-8-11-43-32(49)42(10-9-18-31(48)41(2)20-14-25(52-4)24(51-3)13-19(20)40-18)33(50)44(43)21(17)15-34(38)29(46)27(36)28(37)30(47)35(26,34)39/h6-8,12-14,21,26,45H,5,9-11,15H2,1-4H3/t21-,26+,34-,35+/m1/s1. The highest BCUT2D eigenvalue weighted by Gasteiger charge is 2.71. The summed E-state index contributed by atoms with van der Waals surface area (Å²) in [5, 5.41) is 9.30. The summed E-state index contributed by atoms with van der Waals surface area (Å²) in [6.07, 6.45) is 1.15. The molecule has 14 nitrogen and oxygen atoms in total. The number of Topliss-reactive ketones (excluding diaryl/α,β-unsaturated/α-hetero) is 2. The number of ether oxygens (including phenoxy) is 3. The van der Waals surface area contributed by atoms with Crippen LogP contribution in [0.2, 0.25) is 0 Å². The SMILES string of the molecule is CCOc1cc([C@H]2C3=CCn4c(=O)n(CCc5nc6cc(OC)c(OC)cc6n(C)c5=O)c(=O)n4[C@@H]3C[C@@]3(Cl)C(=O)C(Cl)=C(Cl)C(=O)[C@@]23Cl)ccc1O. The molecule has 3 heterocycles. The zero-order valence-corrected chi connectivity index (χ0v) is 31.6. The molecule has 0 spiro atoms. The lowest BCUT2D eigenvalue weighted by atomic mass is 9.59. The Morgan fingerprint density at radius 2 is 1.62 bits per heavy atom. The van der Waals surface area contributed by atoms with E-state index in [0.717, 1.165) is 4.57 Å². The summed E-state index contributed by atoms with van der Waals surface area (Å²) in [5.74, 6) is -2.34. The quantitative estimate of drug-likeness (QED) is 0.204. The van der Waals surface area contributed by atoms with E-state index in [-0.39, 0.29) is 43.3 Å². The van der Waals surface area contributed by atoms with Gasteiger partial charge in [0.05, 0.1) is 44.4 Å². The summed E-state index contributed by atoms with van der Waals surface area (Å²) >= 11 is 27.1. The number of fused-ring (bicyclic) bond motifs is 5. The van der Waals surface area contributed by atoms with Crippen LogP contribution in [0.1, 0.15) is 36.6 Å². The molecule has 0 saturated heterocycles. The Morgan fingerprint density at radius 1 is 0.943 bits per heavy atom. The molecule has 1 saturated carbocycles. The minimum Gasteiger partial charge on any atom is -0.504 e. The number of methoxy groups -OCH3 is 2. The van der Waals surface area contributed by atoms with Crippen LogP contribution in [0, 0.1) is 0 Å². The molecule has 7 rings (SSSR count). The summed E-state index contributed by atoms with van der Waals surface area (Å²) in [6.45, 7) is 1.57. The van der Waals surface area contributed by atoms with Crippen LogP contribution in [0.4, 0.5) is 0 Å². The zero-order valence-electron chi connectivity index (χ0n) is 28.6. The van der Waals surface area contributed by atoms with Crippen LogP contribution in [0.15, 0.2) is 66.4 Å². The summed E-state index contributed by atoms with van der Waals surface area (Å²) in [5.41, 5.74) is -0.148. The van der Waals surface area contributed by atoms with Gasteiger partial charge in [0, 0.05) is 44.5 Å². The fraction of sp³-hybridized carbons (Fsp3) is 0.371. The van der Waals surface area contributed by atoms with Gasteiger partial charge in [-0.2, -0.15) is 0 Å². The van der Waals surface area contributed by atoms with Crippen LogP contribution in [-0.4, -0.2) is 70.7 Å². The number of phenols is 1. The predicted octanol–water partition coefficient (Wildman–Crippen LogP) is 3.89. The van der Waals surface area contributed by atoms with Crippen molar-refractivity contribution in [2.24, 2.45) is 7.05 Å².